The predicted octanol–water partition coefficient (Wildman–Crippen LogP) is 2.86. The first-order valence-corrected chi connectivity index (χ1v) is 9.40. The van der Waals surface area contributed by atoms with E-state index in [4.69, 9.17) is 0 Å². The number of fused-ring (bicyclic) bond motifs is 1. The fraction of sp³-hybridized carbons (Fsp3) is 0.333. The number of amides is 1. The van der Waals surface area contributed by atoms with Crippen molar-refractivity contribution in [3.63, 3.8) is 0 Å². The van der Waals surface area contributed by atoms with Crippen LogP contribution in [0, 0.1) is 0 Å². The molecule has 1 aromatic carbocycles. The normalized spacial score (nSPS) is 17.0. The van der Waals surface area contributed by atoms with Gasteiger partial charge in [-0.15, -0.1) is 5.10 Å². The molecule has 0 radical (unpaired) electrons. The maximum absolute atomic E-state index is 12.8. The summed E-state index contributed by atoms with van der Waals surface area (Å²) >= 11 is 0. The Morgan fingerprint density at radius 2 is 1.85 bits per heavy atom. The van der Waals surface area contributed by atoms with Crippen LogP contribution in [0.3, 0.4) is 0 Å². The Morgan fingerprint density at radius 3 is 2.59 bits per heavy atom. The molecular weight excluding hydrogens is 338 g/mol. The van der Waals surface area contributed by atoms with Gasteiger partial charge in [0.1, 0.15) is 5.69 Å². The number of anilines is 1. The zero-order valence-corrected chi connectivity index (χ0v) is 15.2. The van der Waals surface area contributed by atoms with E-state index in [2.05, 4.69) is 26.1 Å². The minimum absolute atomic E-state index is 0.0411. The highest BCUT2D eigenvalue weighted by molar-refractivity contribution is 5.95. The van der Waals surface area contributed by atoms with Crippen molar-refractivity contribution in [2.24, 2.45) is 0 Å². The van der Waals surface area contributed by atoms with E-state index in [1.54, 1.807) is 11.0 Å². The number of hydrogen-bond donors (Lipinski definition) is 0. The molecular formula is C21H21N5O. The van der Waals surface area contributed by atoms with Crippen LogP contribution in [0.5, 0.6) is 0 Å². The zero-order chi connectivity index (χ0) is 18.4. The summed E-state index contributed by atoms with van der Waals surface area (Å²) < 4.78 is 0. The smallest absolute Gasteiger partial charge is 0.272 e. The van der Waals surface area contributed by atoms with Crippen molar-refractivity contribution in [2.45, 2.75) is 24.8 Å². The van der Waals surface area contributed by atoms with Gasteiger partial charge in [0.2, 0.25) is 0 Å². The van der Waals surface area contributed by atoms with Crippen LogP contribution < -0.4 is 4.90 Å². The van der Waals surface area contributed by atoms with E-state index in [-0.39, 0.29) is 11.9 Å². The number of carbonyl (C=O) groups is 1. The lowest BCUT2D eigenvalue weighted by atomic mass is 10.1. The summed E-state index contributed by atoms with van der Waals surface area (Å²) in [5.74, 6) is 1.47. The molecule has 2 aliphatic rings. The summed E-state index contributed by atoms with van der Waals surface area (Å²) in [7, 11) is 1.85. The zero-order valence-electron chi connectivity index (χ0n) is 15.2. The molecule has 2 aromatic heterocycles. The molecule has 1 aliphatic heterocycles. The van der Waals surface area contributed by atoms with Crippen molar-refractivity contribution in [1.29, 1.82) is 0 Å². The fourth-order valence-corrected chi connectivity index (χ4v) is 3.52. The summed E-state index contributed by atoms with van der Waals surface area (Å²) in [6.07, 6.45) is 2.46. The molecule has 0 bridgehead atoms. The summed E-state index contributed by atoms with van der Waals surface area (Å²) in [5, 5.41) is 9.74. The van der Waals surface area contributed by atoms with Gasteiger partial charge in [-0.25, -0.2) is 4.98 Å². The maximum atomic E-state index is 12.8. The standard InChI is InChI=1S/C21H21N5O/c1-25(21(27)19-9-8-14-4-2-3-5-17(14)22-19)16-12-26(13-16)20-11-10-18(23-24-20)15-6-7-15/h2-5,8-11,15-16H,6-7,12-13H2,1H3. The third-order valence-corrected chi connectivity index (χ3v) is 5.54. The monoisotopic (exact) mass is 359 g/mol. The third kappa shape index (κ3) is 3.01. The second-order valence-electron chi connectivity index (χ2n) is 7.45. The third-order valence-electron chi connectivity index (χ3n) is 5.54. The van der Waals surface area contributed by atoms with Crippen LogP contribution in [0.25, 0.3) is 10.9 Å². The van der Waals surface area contributed by atoms with Gasteiger partial charge >= 0.3 is 0 Å². The Balaban J connectivity index is 1.24. The van der Waals surface area contributed by atoms with Gasteiger partial charge in [-0.3, -0.25) is 4.79 Å². The van der Waals surface area contributed by atoms with Crippen LogP contribution in [0.2, 0.25) is 0 Å². The first-order valence-electron chi connectivity index (χ1n) is 9.40. The number of nitrogens with zero attached hydrogens (tertiary/aromatic N) is 5. The van der Waals surface area contributed by atoms with E-state index in [0.29, 0.717) is 11.6 Å². The number of benzene rings is 1. The van der Waals surface area contributed by atoms with Crippen molar-refractivity contribution in [1.82, 2.24) is 20.1 Å². The number of hydrogen-bond acceptors (Lipinski definition) is 5. The summed E-state index contributed by atoms with van der Waals surface area (Å²) in [6, 6.07) is 15.9. The number of para-hydroxylation sites is 1. The average Bonchev–Trinajstić information content (AvgIpc) is 3.51. The topological polar surface area (TPSA) is 62.2 Å². The van der Waals surface area contributed by atoms with Crippen LogP contribution in [0.4, 0.5) is 5.82 Å². The first kappa shape index (κ1) is 16.2. The van der Waals surface area contributed by atoms with Crippen molar-refractivity contribution in [3.8, 4) is 0 Å². The molecule has 0 unspecified atom stereocenters. The number of aromatic nitrogens is 3. The molecule has 136 valence electrons. The molecule has 1 saturated carbocycles. The van der Waals surface area contributed by atoms with Crippen LogP contribution in [-0.4, -0.2) is 52.2 Å². The number of likely N-dealkylation sites (N-methyl/N-ethyl adjacent to an activating group) is 1. The summed E-state index contributed by atoms with van der Waals surface area (Å²) in [5.41, 5.74) is 2.44. The first-order chi connectivity index (χ1) is 13.2. The molecule has 3 heterocycles. The van der Waals surface area contributed by atoms with E-state index >= 15 is 0 Å². The Labute approximate surface area is 157 Å². The van der Waals surface area contributed by atoms with Gasteiger partial charge in [0.25, 0.3) is 5.91 Å². The van der Waals surface area contributed by atoms with Crippen LogP contribution in [0.15, 0.2) is 48.5 Å². The molecule has 5 rings (SSSR count). The SMILES string of the molecule is CN(C(=O)c1ccc2ccccc2n1)C1CN(c2ccc(C3CC3)nn2)C1. The van der Waals surface area contributed by atoms with Gasteiger partial charge < -0.3 is 9.80 Å². The number of pyridine rings is 1. The van der Waals surface area contributed by atoms with E-state index < -0.39 is 0 Å². The Kier molecular flexibility index (Phi) is 3.77. The average molecular weight is 359 g/mol. The lowest BCUT2D eigenvalue weighted by Crippen LogP contribution is -2.60. The second-order valence-corrected chi connectivity index (χ2v) is 7.45. The van der Waals surface area contributed by atoms with Gasteiger partial charge in [-0.1, -0.05) is 24.3 Å². The highest BCUT2D eigenvalue weighted by Gasteiger charge is 2.34. The molecule has 0 spiro atoms. The van der Waals surface area contributed by atoms with Crippen molar-refractivity contribution < 1.29 is 4.79 Å². The second kappa shape index (κ2) is 6.30. The van der Waals surface area contributed by atoms with Gasteiger partial charge in [-0.2, -0.15) is 5.10 Å². The predicted molar refractivity (Wildman–Crippen MR) is 104 cm³/mol. The Bertz CT molecular complexity index is 993. The quantitative estimate of drug-likeness (QED) is 0.717. The summed E-state index contributed by atoms with van der Waals surface area (Å²) in [4.78, 5) is 21.3. The molecule has 1 amide bonds. The molecule has 6 heteroatoms. The molecule has 0 atom stereocenters. The minimum Gasteiger partial charge on any atom is -0.351 e. The van der Waals surface area contributed by atoms with Crippen LogP contribution in [0.1, 0.15) is 34.9 Å². The minimum atomic E-state index is -0.0411. The van der Waals surface area contributed by atoms with Gasteiger partial charge in [0.05, 0.1) is 17.3 Å². The molecule has 0 N–H and O–H groups in total. The molecule has 27 heavy (non-hydrogen) atoms. The maximum Gasteiger partial charge on any atom is 0.272 e. The molecule has 1 aliphatic carbocycles. The highest BCUT2D eigenvalue weighted by Crippen LogP contribution is 2.38. The van der Waals surface area contributed by atoms with E-state index in [0.717, 1.165) is 35.5 Å². The number of rotatable bonds is 4. The fourth-order valence-electron chi connectivity index (χ4n) is 3.52. The molecule has 1 saturated heterocycles. The largest absolute Gasteiger partial charge is 0.351 e. The highest BCUT2D eigenvalue weighted by atomic mass is 16.2. The Hall–Kier alpha value is -3.02. The van der Waals surface area contributed by atoms with Crippen LogP contribution in [-0.2, 0) is 0 Å². The lowest BCUT2D eigenvalue weighted by molar-refractivity contribution is 0.0699. The molecule has 6 nitrogen and oxygen atoms in total. The molecule has 2 fully saturated rings. The lowest BCUT2D eigenvalue weighted by Gasteiger charge is -2.44. The molecule has 3 aromatic rings. The number of carbonyl (C=O) groups excluding carboxylic acids is 1. The van der Waals surface area contributed by atoms with Crippen molar-refractivity contribution in [3.05, 3.63) is 59.9 Å². The van der Waals surface area contributed by atoms with Crippen LogP contribution >= 0.6 is 0 Å². The van der Waals surface area contributed by atoms with Gasteiger partial charge in [0, 0.05) is 31.4 Å². The Morgan fingerprint density at radius 1 is 1.04 bits per heavy atom. The van der Waals surface area contributed by atoms with E-state index in [1.165, 1.54) is 12.8 Å². The van der Waals surface area contributed by atoms with Gasteiger partial charge in [0.15, 0.2) is 5.82 Å². The van der Waals surface area contributed by atoms with E-state index in [1.807, 2.05) is 43.4 Å². The van der Waals surface area contributed by atoms with Crippen molar-refractivity contribution in [2.75, 3.05) is 25.0 Å². The van der Waals surface area contributed by atoms with E-state index in [9.17, 15) is 4.79 Å². The van der Waals surface area contributed by atoms with Crippen molar-refractivity contribution >= 4 is 22.6 Å². The summed E-state index contributed by atoms with van der Waals surface area (Å²) in [6.45, 7) is 1.54. The van der Waals surface area contributed by atoms with Gasteiger partial charge in [-0.05, 0) is 37.1 Å².